The number of likely N-dealkylation sites (tertiary alicyclic amines) is 2. The van der Waals surface area contributed by atoms with Gasteiger partial charge in [-0.25, -0.2) is 4.79 Å². The Morgan fingerprint density at radius 3 is 2.47 bits per heavy atom. The summed E-state index contributed by atoms with van der Waals surface area (Å²) in [5, 5.41) is 7.12. The number of hydrogen-bond donors (Lipinski definition) is 1. The molecule has 0 saturated carbocycles. The minimum Gasteiger partial charge on any atom is -0.475 e. The summed E-state index contributed by atoms with van der Waals surface area (Å²) in [7, 11) is 0. The Labute approximate surface area is 183 Å². The molecule has 176 valence electrons. The van der Waals surface area contributed by atoms with Gasteiger partial charge in [-0.2, -0.15) is 13.2 Å². The van der Waals surface area contributed by atoms with E-state index in [-0.39, 0.29) is 23.3 Å². The molecule has 8 nitrogen and oxygen atoms in total. The van der Waals surface area contributed by atoms with Gasteiger partial charge in [0.2, 0.25) is 5.91 Å². The fraction of sp³-hybridized carbons (Fsp3) is 0.619. The van der Waals surface area contributed by atoms with Gasteiger partial charge < -0.3 is 19.6 Å². The number of hydrogen-bond acceptors (Lipinski definition) is 5. The lowest BCUT2D eigenvalue weighted by atomic mass is 9.78. The lowest BCUT2D eigenvalue weighted by Crippen LogP contribution is -2.52. The van der Waals surface area contributed by atoms with Gasteiger partial charge in [-0.15, -0.1) is 0 Å². The SMILES string of the molecule is O=C(O)C(F)(F)F.O=C([C@H]1CCCO1)N1CCCC2(CCN(Cc3ccncc3)C2=O)C1. The zero-order chi connectivity index (χ0) is 23.4. The molecule has 3 aliphatic heterocycles. The molecule has 4 rings (SSSR count). The molecule has 1 aromatic rings. The van der Waals surface area contributed by atoms with Crippen LogP contribution >= 0.6 is 0 Å². The number of piperidine rings is 1. The van der Waals surface area contributed by atoms with Crippen molar-refractivity contribution in [3.63, 3.8) is 0 Å². The molecule has 1 spiro atoms. The molecule has 3 saturated heterocycles. The first-order chi connectivity index (χ1) is 15.1. The molecule has 3 fully saturated rings. The van der Waals surface area contributed by atoms with Crippen molar-refractivity contribution in [3.05, 3.63) is 30.1 Å². The number of carboxylic acid groups (broad SMARTS) is 1. The van der Waals surface area contributed by atoms with Crippen LogP contribution in [0.4, 0.5) is 13.2 Å². The maximum atomic E-state index is 13.1. The van der Waals surface area contributed by atoms with Crippen molar-refractivity contribution in [3.8, 4) is 0 Å². The smallest absolute Gasteiger partial charge is 0.475 e. The molecule has 11 heteroatoms. The van der Waals surface area contributed by atoms with E-state index in [1.807, 2.05) is 21.9 Å². The van der Waals surface area contributed by atoms with Crippen molar-refractivity contribution in [2.45, 2.75) is 50.9 Å². The van der Waals surface area contributed by atoms with Crippen LogP contribution in [0.1, 0.15) is 37.7 Å². The van der Waals surface area contributed by atoms with Crippen LogP contribution in [-0.2, 0) is 25.7 Å². The lowest BCUT2D eigenvalue weighted by molar-refractivity contribution is -0.192. The van der Waals surface area contributed by atoms with Crippen LogP contribution in [0.3, 0.4) is 0 Å². The third kappa shape index (κ3) is 5.56. The van der Waals surface area contributed by atoms with Gasteiger partial charge in [0.25, 0.3) is 5.91 Å². The number of aromatic nitrogens is 1. The topological polar surface area (TPSA) is 100 Å². The van der Waals surface area contributed by atoms with Gasteiger partial charge in [0, 0.05) is 45.2 Å². The number of halogens is 3. The number of amides is 2. The van der Waals surface area contributed by atoms with E-state index < -0.39 is 12.1 Å². The van der Waals surface area contributed by atoms with E-state index in [1.165, 1.54) is 0 Å². The Hall–Kier alpha value is -2.69. The van der Waals surface area contributed by atoms with Crippen LogP contribution in [0.25, 0.3) is 0 Å². The summed E-state index contributed by atoms with van der Waals surface area (Å²) in [5.74, 6) is -2.47. The molecule has 2 amide bonds. The van der Waals surface area contributed by atoms with Crippen molar-refractivity contribution in [1.29, 1.82) is 0 Å². The zero-order valence-electron chi connectivity index (χ0n) is 17.5. The first-order valence-corrected chi connectivity index (χ1v) is 10.5. The van der Waals surface area contributed by atoms with Crippen molar-refractivity contribution in [2.75, 3.05) is 26.2 Å². The van der Waals surface area contributed by atoms with Gasteiger partial charge in [-0.3, -0.25) is 14.6 Å². The molecular formula is C21H26F3N3O5. The van der Waals surface area contributed by atoms with Gasteiger partial charge in [0.15, 0.2) is 0 Å². The highest BCUT2D eigenvalue weighted by Gasteiger charge is 2.50. The summed E-state index contributed by atoms with van der Waals surface area (Å²) in [6, 6.07) is 3.90. The zero-order valence-corrected chi connectivity index (χ0v) is 17.5. The largest absolute Gasteiger partial charge is 0.490 e. The van der Waals surface area contributed by atoms with E-state index in [0.29, 0.717) is 19.7 Å². The van der Waals surface area contributed by atoms with Gasteiger partial charge in [0.05, 0.1) is 5.41 Å². The fourth-order valence-electron chi connectivity index (χ4n) is 4.43. The third-order valence-corrected chi connectivity index (χ3v) is 6.06. The van der Waals surface area contributed by atoms with Crippen molar-refractivity contribution in [1.82, 2.24) is 14.8 Å². The number of rotatable bonds is 3. The molecule has 0 aliphatic carbocycles. The van der Waals surface area contributed by atoms with E-state index in [2.05, 4.69) is 4.98 Å². The molecule has 4 heterocycles. The highest BCUT2D eigenvalue weighted by Crippen LogP contribution is 2.41. The fourth-order valence-corrected chi connectivity index (χ4v) is 4.43. The van der Waals surface area contributed by atoms with E-state index in [0.717, 1.165) is 50.8 Å². The number of aliphatic carboxylic acids is 1. The monoisotopic (exact) mass is 457 g/mol. The minimum atomic E-state index is -5.08. The second-order valence-electron chi connectivity index (χ2n) is 8.28. The molecule has 1 unspecified atom stereocenters. The van der Waals surface area contributed by atoms with Crippen molar-refractivity contribution < 1.29 is 37.4 Å². The average molecular weight is 457 g/mol. The predicted molar refractivity (Wildman–Crippen MR) is 105 cm³/mol. The number of pyridine rings is 1. The van der Waals surface area contributed by atoms with Crippen LogP contribution in [0, 0.1) is 5.41 Å². The van der Waals surface area contributed by atoms with Crippen LogP contribution in [-0.4, -0.2) is 76.2 Å². The summed E-state index contributed by atoms with van der Waals surface area (Å²) < 4.78 is 37.3. The Kier molecular flexibility index (Phi) is 7.37. The van der Waals surface area contributed by atoms with Gasteiger partial charge in [0.1, 0.15) is 6.10 Å². The number of alkyl halides is 3. The van der Waals surface area contributed by atoms with Gasteiger partial charge in [-0.05, 0) is 49.8 Å². The van der Waals surface area contributed by atoms with E-state index >= 15 is 0 Å². The third-order valence-electron chi connectivity index (χ3n) is 6.06. The molecule has 3 aliphatic rings. The molecule has 0 radical (unpaired) electrons. The Bertz CT molecular complexity index is 830. The number of carbonyl (C=O) groups excluding carboxylic acids is 2. The van der Waals surface area contributed by atoms with Crippen LogP contribution < -0.4 is 0 Å². The van der Waals surface area contributed by atoms with E-state index in [4.69, 9.17) is 14.6 Å². The summed E-state index contributed by atoms with van der Waals surface area (Å²) in [4.78, 5) is 42.6. The van der Waals surface area contributed by atoms with Crippen LogP contribution in [0.5, 0.6) is 0 Å². The number of carboxylic acids is 1. The summed E-state index contributed by atoms with van der Waals surface area (Å²) in [5.41, 5.74) is 0.711. The Morgan fingerprint density at radius 2 is 1.88 bits per heavy atom. The van der Waals surface area contributed by atoms with E-state index in [1.54, 1.807) is 12.4 Å². The summed E-state index contributed by atoms with van der Waals surface area (Å²) in [6.07, 6.45) is 2.52. The maximum absolute atomic E-state index is 13.1. The Morgan fingerprint density at radius 1 is 1.19 bits per heavy atom. The minimum absolute atomic E-state index is 0.0805. The molecule has 2 atom stereocenters. The van der Waals surface area contributed by atoms with Crippen LogP contribution in [0.15, 0.2) is 24.5 Å². The molecule has 32 heavy (non-hydrogen) atoms. The first-order valence-electron chi connectivity index (χ1n) is 10.5. The second kappa shape index (κ2) is 9.85. The molecule has 1 aromatic heterocycles. The van der Waals surface area contributed by atoms with Gasteiger partial charge in [-0.1, -0.05) is 0 Å². The lowest BCUT2D eigenvalue weighted by Gasteiger charge is -2.39. The highest BCUT2D eigenvalue weighted by molar-refractivity contribution is 5.87. The average Bonchev–Trinajstić information content (AvgIpc) is 3.39. The molecule has 1 N–H and O–H groups in total. The second-order valence-corrected chi connectivity index (χ2v) is 8.28. The van der Waals surface area contributed by atoms with Crippen molar-refractivity contribution >= 4 is 17.8 Å². The summed E-state index contributed by atoms with van der Waals surface area (Å²) >= 11 is 0. The maximum Gasteiger partial charge on any atom is 0.490 e. The molecule has 0 aromatic carbocycles. The number of nitrogens with zero attached hydrogens (tertiary/aromatic N) is 3. The molecular weight excluding hydrogens is 431 g/mol. The normalized spacial score (nSPS) is 25.6. The van der Waals surface area contributed by atoms with E-state index in [9.17, 15) is 22.8 Å². The quantitative estimate of drug-likeness (QED) is 0.747. The van der Waals surface area contributed by atoms with Gasteiger partial charge >= 0.3 is 12.1 Å². The number of ether oxygens (including phenoxy) is 1. The first kappa shape index (κ1) is 24.0. The van der Waals surface area contributed by atoms with Crippen LogP contribution in [0.2, 0.25) is 0 Å². The Balaban J connectivity index is 0.000000360. The highest BCUT2D eigenvalue weighted by atomic mass is 19.4. The number of carbonyl (C=O) groups is 3. The summed E-state index contributed by atoms with van der Waals surface area (Å²) in [6.45, 7) is 3.37. The standard InChI is InChI=1S/C19H25N3O3.C2HF3O2/c23-17(16-3-1-12-25-16)22-10-2-6-19(14-22)7-11-21(18(19)24)13-15-4-8-20-9-5-15;3-2(4,5)1(6)7/h4-5,8-9,16H,1-3,6-7,10-14H2;(H,6,7)/t16-,19?;/m1./s1. The molecule has 0 bridgehead atoms. The van der Waals surface area contributed by atoms with Crippen molar-refractivity contribution in [2.24, 2.45) is 5.41 Å². The predicted octanol–water partition coefficient (Wildman–Crippen LogP) is 2.24.